The van der Waals surface area contributed by atoms with Crippen molar-refractivity contribution in [3.8, 4) is 0 Å². The second-order valence-corrected chi connectivity index (χ2v) is 3.90. The van der Waals surface area contributed by atoms with Crippen molar-refractivity contribution in [1.82, 2.24) is 0 Å². The van der Waals surface area contributed by atoms with Gasteiger partial charge in [0.05, 0.1) is 0 Å². The van der Waals surface area contributed by atoms with E-state index in [1.165, 1.54) is 22.3 Å². The minimum atomic E-state index is 0.628. The van der Waals surface area contributed by atoms with E-state index in [9.17, 15) is 0 Å². The first-order chi connectivity index (χ1) is 6.67. The van der Waals surface area contributed by atoms with Gasteiger partial charge >= 0.3 is 0 Å². The first-order valence-electron chi connectivity index (χ1n) is 5.00. The van der Waals surface area contributed by atoms with Crippen LogP contribution in [0.15, 0.2) is 23.8 Å². The summed E-state index contributed by atoms with van der Waals surface area (Å²) < 4.78 is 0. The van der Waals surface area contributed by atoms with E-state index in [4.69, 9.17) is 11.6 Å². The fraction of sp³-hybridized carbons (Fsp3) is 0.385. The molecule has 0 radical (unpaired) electrons. The third-order valence-corrected chi connectivity index (χ3v) is 2.87. The molecule has 0 fully saturated rings. The molecule has 0 unspecified atom stereocenters. The number of hydrogen-bond acceptors (Lipinski definition) is 0. The van der Waals surface area contributed by atoms with E-state index in [1.807, 2.05) is 0 Å². The number of hydrogen-bond donors (Lipinski definition) is 0. The van der Waals surface area contributed by atoms with Crippen molar-refractivity contribution < 1.29 is 0 Å². The normalized spacial score (nSPS) is 11.9. The molecule has 1 aromatic carbocycles. The highest BCUT2D eigenvalue weighted by molar-refractivity contribution is 6.19. The first-order valence-corrected chi connectivity index (χ1v) is 5.53. The van der Waals surface area contributed by atoms with Gasteiger partial charge < -0.3 is 0 Å². The topological polar surface area (TPSA) is 0 Å². The van der Waals surface area contributed by atoms with E-state index >= 15 is 0 Å². The lowest BCUT2D eigenvalue weighted by molar-refractivity contribution is 1.12. The number of benzene rings is 1. The minimum absolute atomic E-state index is 0.628. The molecule has 0 heterocycles. The van der Waals surface area contributed by atoms with Crippen LogP contribution < -0.4 is 0 Å². The maximum atomic E-state index is 5.82. The van der Waals surface area contributed by atoms with Crippen LogP contribution in [0, 0.1) is 13.8 Å². The summed E-state index contributed by atoms with van der Waals surface area (Å²) >= 11 is 5.82. The van der Waals surface area contributed by atoms with Crippen molar-refractivity contribution in [2.45, 2.75) is 27.2 Å². The van der Waals surface area contributed by atoms with Crippen LogP contribution in [0.2, 0.25) is 0 Å². The monoisotopic (exact) mass is 208 g/mol. The standard InChI is InChI=1S/C13H17Cl/c1-4-12(9-14)8-13-6-5-10(2)11(3)7-13/h5-8H,4,9H2,1-3H3. The zero-order valence-electron chi connectivity index (χ0n) is 9.10. The summed E-state index contributed by atoms with van der Waals surface area (Å²) in [4.78, 5) is 0. The molecule has 0 saturated carbocycles. The fourth-order valence-corrected chi connectivity index (χ4v) is 1.59. The van der Waals surface area contributed by atoms with Crippen molar-refractivity contribution in [2.75, 3.05) is 5.88 Å². The maximum Gasteiger partial charge on any atom is 0.0436 e. The lowest BCUT2D eigenvalue weighted by Crippen LogP contribution is -1.85. The Morgan fingerprint density at radius 3 is 2.50 bits per heavy atom. The molecule has 76 valence electrons. The number of alkyl halides is 1. The van der Waals surface area contributed by atoms with Crippen LogP contribution >= 0.6 is 11.6 Å². The molecule has 0 saturated heterocycles. The Morgan fingerprint density at radius 1 is 1.29 bits per heavy atom. The quantitative estimate of drug-likeness (QED) is 0.649. The van der Waals surface area contributed by atoms with Crippen LogP contribution in [-0.4, -0.2) is 5.88 Å². The van der Waals surface area contributed by atoms with E-state index in [0.29, 0.717) is 5.88 Å². The summed E-state index contributed by atoms with van der Waals surface area (Å²) in [6.45, 7) is 6.40. The molecule has 0 amide bonds. The van der Waals surface area contributed by atoms with Crippen LogP contribution in [0.25, 0.3) is 6.08 Å². The van der Waals surface area contributed by atoms with Gasteiger partial charge in [-0.3, -0.25) is 0 Å². The van der Waals surface area contributed by atoms with Gasteiger partial charge in [0.2, 0.25) is 0 Å². The summed E-state index contributed by atoms with van der Waals surface area (Å²) in [6, 6.07) is 6.50. The zero-order valence-corrected chi connectivity index (χ0v) is 9.86. The minimum Gasteiger partial charge on any atom is -0.122 e. The van der Waals surface area contributed by atoms with E-state index < -0.39 is 0 Å². The van der Waals surface area contributed by atoms with E-state index in [-0.39, 0.29) is 0 Å². The molecular weight excluding hydrogens is 192 g/mol. The molecule has 0 aliphatic carbocycles. The van der Waals surface area contributed by atoms with Crippen LogP contribution in [0.4, 0.5) is 0 Å². The van der Waals surface area contributed by atoms with Gasteiger partial charge in [0.15, 0.2) is 0 Å². The number of halogens is 1. The van der Waals surface area contributed by atoms with Crippen LogP contribution in [0.1, 0.15) is 30.0 Å². The second-order valence-electron chi connectivity index (χ2n) is 3.63. The largest absolute Gasteiger partial charge is 0.122 e. The summed E-state index contributed by atoms with van der Waals surface area (Å²) in [5.41, 5.74) is 5.22. The predicted octanol–water partition coefficient (Wildman–Crippen LogP) is 4.34. The zero-order chi connectivity index (χ0) is 10.6. The molecule has 1 aromatic rings. The second kappa shape index (κ2) is 5.21. The van der Waals surface area contributed by atoms with Crippen molar-refractivity contribution in [3.05, 3.63) is 40.5 Å². The summed E-state index contributed by atoms with van der Waals surface area (Å²) in [5.74, 6) is 0.628. The van der Waals surface area contributed by atoms with Gasteiger partial charge in [-0.2, -0.15) is 0 Å². The number of rotatable bonds is 3. The molecule has 14 heavy (non-hydrogen) atoms. The summed E-state index contributed by atoms with van der Waals surface area (Å²) in [6.07, 6.45) is 3.20. The van der Waals surface area contributed by atoms with E-state index in [2.05, 4.69) is 45.0 Å². The Balaban J connectivity index is 2.97. The molecule has 0 aliphatic rings. The molecule has 0 spiro atoms. The molecular formula is C13H17Cl. The number of aryl methyl sites for hydroxylation is 2. The van der Waals surface area contributed by atoms with Crippen molar-refractivity contribution in [1.29, 1.82) is 0 Å². The number of allylic oxidation sites excluding steroid dienone is 1. The Morgan fingerprint density at radius 2 is 2.00 bits per heavy atom. The SMILES string of the molecule is CCC(=Cc1ccc(C)c(C)c1)CCl. The lowest BCUT2D eigenvalue weighted by Gasteiger charge is -2.03. The maximum absolute atomic E-state index is 5.82. The molecule has 0 N–H and O–H groups in total. The molecule has 0 nitrogen and oxygen atoms in total. The Hall–Kier alpha value is -0.750. The average Bonchev–Trinajstić information content (AvgIpc) is 2.19. The smallest absolute Gasteiger partial charge is 0.0436 e. The molecule has 0 bridgehead atoms. The summed E-state index contributed by atoms with van der Waals surface area (Å²) in [7, 11) is 0. The first kappa shape index (κ1) is 11.3. The fourth-order valence-electron chi connectivity index (χ4n) is 1.33. The van der Waals surface area contributed by atoms with Crippen LogP contribution in [0.3, 0.4) is 0 Å². The average molecular weight is 209 g/mol. The predicted molar refractivity (Wildman–Crippen MR) is 64.9 cm³/mol. The molecule has 0 aromatic heterocycles. The lowest BCUT2D eigenvalue weighted by atomic mass is 10.0. The highest BCUT2D eigenvalue weighted by Gasteiger charge is 1.96. The Labute approximate surface area is 91.6 Å². The van der Waals surface area contributed by atoms with Crippen molar-refractivity contribution >= 4 is 17.7 Å². The highest BCUT2D eigenvalue weighted by Crippen LogP contribution is 2.15. The third-order valence-electron chi connectivity index (χ3n) is 2.53. The van der Waals surface area contributed by atoms with Gasteiger partial charge in [0.1, 0.15) is 0 Å². The Bertz CT molecular complexity index is 331. The molecule has 1 rings (SSSR count). The van der Waals surface area contributed by atoms with Gasteiger partial charge in [0, 0.05) is 5.88 Å². The third kappa shape index (κ3) is 2.88. The molecule has 0 aliphatic heterocycles. The van der Waals surface area contributed by atoms with Gasteiger partial charge in [-0.05, 0) is 37.0 Å². The van der Waals surface area contributed by atoms with E-state index in [0.717, 1.165) is 6.42 Å². The van der Waals surface area contributed by atoms with E-state index in [1.54, 1.807) is 0 Å². The van der Waals surface area contributed by atoms with Crippen molar-refractivity contribution in [3.63, 3.8) is 0 Å². The van der Waals surface area contributed by atoms with Gasteiger partial charge in [-0.25, -0.2) is 0 Å². The van der Waals surface area contributed by atoms with Gasteiger partial charge in [-0.15, -0.1) is 11.6 Å². The van der Waals surface area contributed by atoms with Crippen LogP contribution in [0.5, 0.6) is 0 Å². The Kier molecular flexibility index (Phi) is 4.21. The summed E-state index contributed by atoms with van der Waals surface area (Å²) in [5, 5.41) is 0. The molecule has 1 heteroatoms. The van der Waals surface area contributed by atoms with Crippen LogP contribution in [-0.2, 0) is 0 Å². The van der Waals surface area contributed by atoms with Gasteiger partial charge in [0.25, 0.3) is 0 Å². The van der Waals surface area contributed by atoms with Gasteiger partial charge in [-0.1, -0.05) is 36.8 Å². The highest BCUT2D eigenvalue weighted by atomic mass is 35.5. The van der Waals surface area contributed by atoms with Crippen molar-refractivity contribution in [2.24, 2.45) is 0 Å². The molecule has 0 atom stereocenters.